The number of nitrogens with one attached hydrogen (secondary N) is 1. The summed E-state index contributed by atoms with van der Waals surface area (Å²) in [7, 11) is 3.22. The van der Waals surface area contributed by atoms with E-state index in [9.17, 15) is 4.79 Å². The molecule has 1 aromatic heterocycles. The van der Waals surface area contributed by atoms with Gasteiger partial charge in [-0.2, -0.15) is 0 Å². The number of carbonyl (C=O) groups excluding carboxylic acids is 1. The van der Waals surface area contributed by atoms with Crippen LogP contribution in [0, 0.1) is 0 Å². The number of ether oxygens (including phenoxy) is 2. The monoisotopic (exact) mass is 397 g/mol. The van der Waals surface area contributed by atoms with E-state index in [0.717, 1.165) is 30.0 Å². The summed E-state index contributed by atoms with van der Waals surface area (Å²) in [6, 6.07) is 9.86. The molecular weight excluding hydrogens is 366 g/mol. The lowest BCUT2D eigenvalue weighted by molar-refractivity contribution is -0.121. The molecule has 0 bridgehead atoms. The first-order chi connectivity index (χ1) is 14.2. The summed E-state index contributed by atoms with van der Waals surface area (Å²) >= 11 is 0. The molecule has 0 aliphatic carbocycles. The van der Waals surface area contributed by atoms with Crippen LogP contribution in [-0.4, -0.2) is 38.2 Å². The smallest absolute Gasteiger partial charge is 0.220 e. The molecule has 1 amide bonds. The van der Waals surface area contributed by atoms with Gasteiger partial charge >= 0.3 is 0 Å². The third-order valence-corrected chi connectivity index (χ3v) is 5.32. The number of carbonyl (C=O) groups is 1. The Kier molecular flexibility index (Phi) is 7.73. The molecule has 6 heteroatoms. The summed E-state index contributed by atoms with van der Waals surface area (Å²) in [6.07, 6.45) is 8.04. The maximum absolute atomic E-state index is 12.2. The van der Waals surface area contributed by atoms with E-state index in [2.05, 4.69) is 27.3 Å². The van der Waals surface area contributed by atoms with Gasteiger partial charge in [0.1, 0.15) is 5.82 Å². The normalized spacial score (nSPS) is 14.2. The van der Waals surface area contributed by atoms with Gasteiger partial charge < -0.3 is 19.7 Å². The number of nitrogens with zero attached hydrogens (tertiary/aromatic N) is 2. The van der Waals surface area contributed by atoms with E-state index in [1.54, 1.807) is 14.2 Å². The average Bonchev–Trinajstić information content (AvgIpc) is 3.06. The summed E-state index contributed by atoms with van der Waals surface area (Å²) in [4.78, 5) is 19.2. The summed E-state index contributed by atoms with van der Waals surface area (Å²) in [5.74, 6) is 2.43. The molecule has 1 aromatic carbocycles. The lowest BCUT2D eigenvalue weighted by Crippen LogP contribution is -2.25. The van der Waals surface area contributed by atoms with Gasteiger partial charge in [0.15, 0.2) is 11.5 Å². The van der Waals surface area contributed by atoms with Crippen molar-refractivity contribution < 1.29 is 14.3 Å². The van der Waals surface area contributed by atoms with Crippen LogP contribution in [0.5, 0.6) is 11.5 Å². The lowest BCUT2D eigenvalue weighted by atomic mass is 10.1. The Morgan fingerprint density at radius 2 is 1.72 bits per heavy atom. The van der Waals surface area contributed by atoms with Gasteiger partial charge in [0, 0.05) is 32.3 Å². The molecule has 2 aromatic rings. The number of aryl methyl sites for hydroxylation is 1. The fourth-order valence-corrected chi connectivity index (χ4v) is 3.59. The first-order valence-corrected chi connectivity index (χ1v) is 10.4. The minimum atomic E-state index is 0.0244. The molecular formula is C23H31N3O3. The number of benzene rings is 1. The van der Waals surface area contributed by atoms with Crippen LogP contribution in [0.3, 0.4) is 0 Å². The van der Waals surface area contributed by atoms with Crippen molar-refractivity contribution in [3.05, 3.63) is 47.7 Å². The SMILES string of the molecule is COc1ccc(CCC(=O)NCc2ccc(N3CCCCCC3)nc2)cc1OC. The first kappa shape index (κ1) is 21.0. The van der Waals surface area contributed by atoms with E-state index in [0.29, 0.717) is 30.9 Å². The largest absolute Gasteiger partial charge is 0.493 e. The zero-order chi connectivity index (χ0) is 20.5. The van der Waals surface area contributed by atoms with Crippen LogP contribution in [-0.2, 0) is 17.8 Å². The molecule has 0 saturated carbocycles. The quantitative estimate of drug-likeness (QED) is 0.735. The Hall–Kier alpha value is -2.76. The topological polar surface area (TPSA) is 63.7 Å². The van der Waals surface area contributed by atoms with Gasteiger partial charge in [-0.15, -0.1) is 0 Å². The predicted molar refractivity (Wildman–Crippen MR) is 115 cm³/mol. The second-order valence-electron chi connectivity index (χ2n) is 7.39. The van der Waals surface area contributed by atoms with Crippen LogP contribution >= 0.6 is 0 Å². The van der Waals surface area contributed by atoms with Crippen LogP contribution in [0.4, 0.5) is 5.82 Å². The maximum Gasteiger partial charge on any atom is 0.220 e. The van der Waals surface area contributed by atoms with Crippen LogP contribution in [0.2, 0.25) is 0 Å². The number of methoxy groups -OCH3 is 2. The van der Waals surface area contributed by atoms with Crippen molar-refractivity contribution in [2.24, 2.45) is 0 Å². The van der Waals surface area contributed by atoms with Crippen LogP contribution in [0.15, 0.2) is 36.5 Å². The first-order valence-electron chi connectivity index (χ1n) is 10.4. The van der Waals surface area contributed by atoms with Gasteiger partial charge in [-0.05, 0) is 48.6 Å². The van der Waals surface area contributed by atoms with E-state index < -0.39 is 0 Å². The Morgan fingerprint density at radius 1 is 1.00 bits per heavy atom. The zero-order valence-electron chi connectivity index (χ0n) is 17.4. The summed E-state index contributed by atoms with van der Waals surface area (Å²) in [5.41, 5.74) is 2.06. The second kappa shape index (κ2) is 10.7. The van der Waals surface area contributed by atoms with Gasteiger partial charge in [0.25, 0.3) is 0 Å². The Balaban J connectivity index is 1.45. The second-order valence-corrected chi connectivity index (χ2v) is 7.39. The van der Waals surface area contributed by atoms with E-state index >= 15 is 0 Å². The van der Waals surface area contributed by atoms with Crippen LogP contribution in [0.1, 0.15) is 43.2 Å². The molecule has 0 atom stereocenters. The minimum Gasteiger partial charge on any atom is -0.493 e. The highest BCUT2D eigenvalue weighted by Crippen LogP contribution is 2.28. The van der Waals surface area contributed by atoms with Gasteiger partial charge in [0.2, 0.25) is 5.91 Å². The van der Waals surface area contributed by atoms with E-state index in [4.69, 9.17) is 9.47 Å². The number of rotatable bonds is 8. The van der Waals surface area contributed by atoms with Crippen molar-refractivity contribution in [3.8, 4) is 11.5 Å². The van der Waals surface area contributed by atoms with Crippen molar-refractivity contribution in [2.45, 2.75) is 45.1 Å². The fraction of sp³-hybridized carbons (Fsp3) is 0.478. The van der Waals surface area contributed by atoms with Gasteiger partial charge in [-0.25, -0.2) is 4.98 Å². The standard InChI is InChI=1S/C23H31N3O3/c1-28-20-10-7-18(15-21(20)29-2)9-12-23(27)25-17-19-8-11-22(24-16-19)26-13-5-3-4-6-14-26/h7-8,10-11,15-16H,3-6,9,12-14,17H2,1-2H3,(H,25,27). The maximum atomic E-state index is 12.2. The third kappa shape index (κ3) is 6.11. The highest BCUT2D eigenvalue weighted by molar-refractivity contribution is 5.76. The Labute approximate surface area is 173 Å². The van der Waals surface area contributed by atoms with E-state index in [1.807, 2.05) is 24.4 Å². The molecule has 1 saturated heterocycles. The van der Waals surface area contributed by atoms with Crippen LogP contribution < -0.4 is 19.7 Å². The number of hydrogen-bond acceptors (Lipinski definition) is 5. The molecule has 2 heterocycles. The van der Waals surface area contributed by atoms with Crippen molar-refractivity contribution in [2.75, 3.05) is 32.2 Å². The van der Waals surface area contributed by atoms with Gasteiger partial charge in [-0.3, -0.25) is 4.79 Å². The number of aromatic nitrogens is 1. The molecule has 1 N–H and O–H groups in total. The lowest BCUT2D eigenvalue weighted by Gasteiger charge is -2.21. The van der Waals surface area contributed by atoms with Crippen molar-refractivity contribution in [3.63, 3.8) is 0 Å². The van der Waals surface area contributed by atoms with Gasteiger partial charge in [0.05, 0.1) is 14.2 Å². The van der Waals surface area contributed by atoms with Crippen molar-refractivity contribution >= 4 is 11.7 Å². The van der Waals surface area contributed by atoms with Crippen LogP contribution in [0.25, 0.3) is 0 Å². The van der Waals surface area contributed by atoms with E-state index in [1.165, 1.54) is 25.7 Å². The molecule has 3 rings (SSSR count). The Bertz CT molecular complexity index is 784. The molecule has 1 aliphatic rings. The number of amides is 1. The highest BCUT2D eigenvalue weighted by Gasteiger charge is 2.11. The molecule has 1 fully saturated rings. The molecule has 29 heavy (non-hydrogen) atoms. The number of anilines is 1. The van der Waals surface area contributed by atoms with Crippen molar-refractivity contribution in [1.29, 1.82) is 0 Å². The number of hydrogen-bond donors (Lipinski definition) is 1. The Morgan fingerprint density at radius 3 is 2.38 bits per heavy atom. The van der Waals surface area contributed by atoms with Crippen molar-refractivity contribution in [1.82, 2.24) is 10.3 Å². The minimum absolute atomic E-state index is 0.0244. The third-order valence-electron chi connectivity index (χ3n) is 5.32. The molecule has 6 nitrogen and oxygen atoms in total. The number of pyridine rings is 1. The highest BCUT2D eigenvalue weighted by atomic mass is 16.5. The summed E-state index contributed by atoms with van der Waals surface area (Å²) in [6.45, 7) is 2.66. The molecule has 1 aliphatic heterocycles. The molecule has 156 valence electrons. The van der Waals surface area contributed by atoms with Gasteiger partial charge in [-0.1, -0.05) is 25.0 Å². The average molecular weight is 398 g/mol. The zero-order valence-corrected chi connectivity index (χ0v) is 17.4. The molecule has 0 spiro atoms. The fourth-order valence-electron chi connectivity index (χ4n) is 3.59. The molecule has 0 unspecified atom stereocenters. The summed E-state index contributed by atoms with van der Waals surface area (Å²) in [5, 5.41) is 2.98. The molecule has 0 radical (unpaired) electrons. The predicted octanol–water partition coefficient (Wildman–Crippen LogP) is 3.73. The summed E-state index contributed by atoms with van der Waals surface area (Å²) < 4.78 is 10.6. The van der Waals surface area contributed by atoms with E-state index in [-0.39, 0.29) is 5.91 Å².